The summed E-state index contributed by atoms with van der Waals surface area (Å²) >= 11 is 0. The molecule has 0 aromatic rings. The summed E-state index contributed by atoms with van der Waals surface area (Å²) in [5.74, 6) is 0.404. The van der Waals surface area contributed by atoms with Gasteiger partial charge in [0, 0.05) is 19.7 Å². The fraction of sp³-hybridized carbons (Fsp3) is 1.00. The van der Waals surface area contributed by atoms with Gasteiger partial charge in [-0.05, 0) is 25.8 Å². The molecule has 3 unspecified atom stereocenters. The third kappa shape index (κ3) is 6.01. The molecule has 3 atom stereocenters. The van der Waals surface area contributed by atoms with E-state index in [1.807, 2.05) is 0 Å². The smallest absolute Gasteiger partial charge is 0.214 e. The molecule has 1 fully saturated rings. The third-order valence-corrected chi connectivity index (χ3v) is 4.59. The molecule has 104 valence electrons. The van der Waals surface area contributed by atoms with Crippen LogP contribution in [0, 0.1) is 5.92 Å². The van der Waals surface area contributed by atoms with Gasteiger partial charge in [-0.3, -0.25) is 0 Å². The number of sulfonamides is 1. The standard InChI is InChI=1S/C10H22N2O3S.ClH/c1-8-4-5-11-6-10(8)12-16(13,14)7-9(2)15-3;/h8-12H,4-7H2,1-3H3;1H. The summed E-state index contributed by atoms with van der Waals surface area (Å²) < 4.78 is 31.3. The molecule has 0 aromatic heterocycles. The maximum absolute atomic E-state index is 11.8. The topological polar surface area (TPSA) is 67.4 Å². The van der Waals surface area contributed by atoms with E-state index >= 15 is 0 Å². The molecular weight excluding hydrogens is 264 g/mol. The largest absolute Gasteiger partial charge is 0.381 e. The van der Waals surface area contributed by atoms with Crippen molar-refractivity contribution in [3.05, 3.63) is 0 Å². The lowest BCUT2D eigenvalue weighted by molar-refractivity contribution is 0.136. The number of hydrogen-bond acceptors (Lipinski definition) is 4. The van der Waals surface area contributed by atoms with Crippen molar-refractivity contribution in [1.29, 1.82) is 0 Å². The minimum absolute atomic E-state index is 0. The Kier molecular flexibility index (Phi) is 7.58. The highest BCUT2D eigenvalue weighted by molar-refractivity contribution is 7.89. The molecule has 1 aliphatic heterocycles. The van der Waals surface area contributed by atoms with E-state index in [-0.39, 0.29) is 30.3 Å². The number of ether oxygens (including phenoxy) is 1. The van der Waals surface area contributed by atoms with Crippen molar-refractivity contribution >= 4 is 22.4 Å². The van der Waals surface area contributed by atoms with E-state index in [0.717, 1.165) is 13.0 Å². The van der Waals surface area contributed by atoms with Gasteiger partial charge in [-0.1, -0.05) is 6.92 Å². The second-order valence-corrected chi connectivity index (χ2v) is 6.32. The van der Waals surface area contributed by atoms with E-state index < -0.39 is 10.0 Å². The fourth-order valence-electron chi connectivity index (χ4n) is 1.80. The fourth-order valence-corrected chi connectivity index (χ4v) is 3.43. The highest BCUT2D eigenvalue weighted by Gasteiger charge is 2.26. The number of halogens is 1. The monoisotopic (exact) mass is 286 g/mol. The second-order valence-electron chi connectivity index (χ2n) is 4.52. The molecule has 0 amide bonds. The van der Waals surface area contributed by atoms with E-state index in [1.165, 1.54) is 7.11 Å². The molecule has 0 aliphatic carbocycles. The van der Waals surface area contributed by atoms with Crippen LogP contribution in [-0.2, 0) is 14.8 Å². The number of nitrogens with one attached hydrogen (secondary N) is 2. The van der Waals surface area contributed by atoms with Crippen LogP contribution in [0.25, 0.3) is 0 Å². The minimum Gasteiger partial charge on any atom is -0.381 e. The summed E-state index contributed by atoms with van der Waals surface area (Å²) in [4.78, 5) is 0. The zero-order chi connectivity index (χ0) is 12.2. The first-order chi connectivity index (χ1) is 7.44. The van der Waals surface area contributed by atoms with E-state index in [0.29, 0.717) is 12.5 Å². The van der Waals surface area contributed by atoms with Crippen LogP contribution in [0.3, 0.4) is 0 Å². The normalized spacial score (nSPS) is 27.2. The van der Waals surface area contributed by atoms with Gasteiger partial charge >= 0.3 is 0 Å². The summed E-state index contributed by atoms with van der Waals surface area (Å²) in [5, 5.41) is 3.20. The molecule has 1 heterocycles. The molecule has 0 aromatic carbocycles. The molecule has 5 nitrogen and oxygen atoms in total. The van der Waals surface area contributed by atoms with Gasteiger partial charge in [0.05, 0.1) is 11.9 Å². The SMILES string of the molecule is COC(C)CS(=O)(=O)NC1CNCCC1C.Cl. The summed E-state index contributed by atoms with van der Waals surface area (Å²) in [5.41, 5.74) is 0. The zero-order valence-corrected chi connectivity index (χ0v) is 12.2. The van der Waals surface area contributed by atoms with Crippen molar-refractivity contribution in [2.24, 2.45) is 5.92 Å². The van der Waals surface area contributed by atoms with Crippen LogP contribution in [0.4, 0.5) is 0 Å². The average Bonchev–Trinajstić information content (AvgIpc) is 2.20. The number of methoxy groups -OCH3 is 1. The molecular formula is C10H23ClN2O3S. The highest BCUT2D eigenvalue weighted by atomic mass is 35.5. The van der Waals surface area contributed by atoms with Crippen LogP contribution in [0.5, 0.6) is 0 Å². The van der Waals surface area contributed by atoms with Gasteiger partial charge in [-0.25, -0.2) is 13.1 Å². The lowest BCUT2D eigenvalue weighted by Gasteiger charge is -2.30. The Morgan fingerprint density at radius 1 is 1.53 bits per heavy atom. The summed E-state index contributed by atoms with van der Waals surface area (Å²) in [6.07, 6.45) is 0.733. The van der Waals surface area contributed by atoms with Crippen LogP contribution in [0.15, 0.2) is 0 Å². The van der Waals surface area contributed by atoms with Crippen molar-refractivity contribution in [3.8, 4) is 0 Å². The average molecular weight is 287 g/mol. The van der Waals surface area contributed by atoms with Gasteiger partial charge in [-0.15, -0.1) is 12.4 Å². The van der Waals surface area contributed by atoms with Gasteiger partial charge < -0.3 is 10.1 Å². The lowest BCUT2D eigenvalue weighted by Crippen LogP contribution is -2.51. The second kappa shape index (κ2) is 7.53. The minimum atomic E-state index is -3.24. The molecule has 0 spiro atoms. The number of rotatable bonds is 5. The van der Waals surface area contributed by atoms with Crippen molar-refractivity contribution in [1.82, 2.24) is 10.0 Å². The predicted octanol–water partition coefficient (Wildman–Crippen LogP) is 0.361. The first kappa shape index (κ1) is 17.1. The Bertz CT molecular complexity index is 311. The Hall–Kier alpha value is 0.120. The van der Waals surface area contributed by atoms with Gasteiger partial charge in [0.1, 0.15) is 0 Å². The van der Waals surface area contributed by atoms with Crippen LogP contribution >= 0.6 is 12.4 Å². The van der Waals surface area contributed by atoms with Gasteiger partial charge in [0.25, 0.3) is 0 Å². The van der Waals surface area contributed by atoms with E-state index in [9.17, 15) is 8.42 Å². The van der Waals surface area contributed by atoms with Crippen molar-refractivity contribution < 1.29 is 13.2 Å². The van der Waals surface area contributed by atoms with E-state index in [2.05, 4.69) is 17.0 Å². The summed E-state index contributed by atoms with van der Waals surface area (Å²) in [6, 6.07) is 0.00260. The van der Waals surface area contributed by atoms with Crippen LogP contribution in [-0.4, -0.2) is 46.5 Å². The van der Waals surface area contributed by atoms with E-state index in [1.54, 1.807) is 6.92 Å². The molecule has 7 heteroatoms. The lowest BCUT2D eigenvalue weighted by atomic mass is 9.96. The van der Waals surface area contributed by atoms with Crippen molar-refractivity contribution in [2.45, 2.75) is 32.4 Å². The molecule has 0 bridgehead atoms. The molecule has 17 heavy (non-hydrogen) atoms. The Morgan fingerprint density at radius 2 is 2.18 bits per heavy atom. The van der Waals surface area contributed by atoms with Crippen molar-refractivity contribution in [3.63, 3.8) is 0 Å². The van der Waals surface area contributed by atoms with Crippen LogP contribution in [0.2, 0.25) is 0 Å². The summed E-state index contributed by atoms with van der Waals surface area (Å²) in [7, 11) is -1.72. The van der Waals surface area contributed by atoms with Crippen LogP contribution in [0.1, 0.15) is 20.3 Å². The maximum atomic E-state index is 11.8. The third-order valence-electron chi connectivity index (χ3n) is 3.02. The quantitative estimate of drug-likeness (QED) is 0.766. The maximum Gasteiger partial charge on any atom is 0.214 e. The Labute approximate surface area is 110 Å². The Morgan fingerprint density at radius 3 is 2.71 bits per heavy atom. The molecule has 0 radical (unpaired) electrons. The zero-order valence-electron chi connectivity index (χ0n) is 10.6. The molecule has 1 rings (SSSR count). The van der Waals surface area contributed by atoms with Gasteiger partial charge in [0.15, 0.2) is 0 Å². The Balaban J connectivity index is 0.00000256. The molecule has 1 saturated heterocycles. The highest BCUT2D eigenvalue weighted by Crippen LogP contribution is 2.12. The van der Waals surface area contributed by atoms with Gasteiger partial charge in [-0.2, -0.15) is 0 Å². The first-order valence-electron chi connectivity index (χ1n) is 5.68. The van der Waals surface area contributed by atoms with Crippen molar-refractivity contribution in [2.75, 3.05) is 26.0 Å². The first-order valence-corrected chi connectivity index (χ1v) is 7.33. The van der Waals surface area contributed by atoms with E-state index in [4.69, 9.17) is 4.74 Å². The van der Waals surface area contributed by atoms with Gasteiger partial charge in [0.2, 0.25) is 10.0 Å². The summed E-state index contributed by atoms with van der Waals surface area (Å²) in [6.45, 7) is 5.51. The van der Waals surface area contributed by atoms with Crippen LogP contribution < -0.4 is 10.0 Å². The predicted molar refractivity (Wildman–Crippen MR) is 71.1 cm³/mol. The molecule has 0 saturated carbocycles. The number of piperidine rings is 1. The number of hydrogen-bond donors (Lipinski definition) is 2. The molecule has 2 N–H and O–H groups in total. The molecule has 1 aliphatic rings.